The number of halogens is 3. The predicted octanol–water partition coefficient (Wildman–Crippen LogP) is 3.57. The minimum absolute atomic E-state index is 0.0124. The van der Waals surface area contributed by atoms with E-state index in [1.807, 2.05) is 6.92 Å². The molecule has 1 atom stereocenters. The van der Waals surface area contributed by atoms with E-state index in [4.69, 9.17) is 4.42 Å². The van der Waals surface area contributed by atoms with Crippen molar-refractivity contribution in [1.29, 1.82) is 0 Å². The highest BCUT2D eigenvalue weighted by atomic mass is 19.2. The number of rotatable bonds is 4. The molecule has 19 heavy (non-hydrogen) atoms. The topological polar surface area (TPSA) is 25.2 Å². The zero-order chi connectivity index (χ0) is 14.0. The zero-order valence-corrected chi connectivity index (χ0v) is 10.6. The van der Waals surface area contributed by atoms with Crippen LogP contribution in [0.1, 0.15) is 30.0 Å². The fourth-order valence-electron chi connectivity index (χ4n) is 1.95. The van der Waals surface area contributed by atoms with E-state index >= 15 is 0 Å². The summed E-state index contributed by atoms with van der Waals surface area (Å²) in [6.07, 6.45) is 0.705. The molecule has 1 heterocycles. The second kappa shape index (κ2) is 5.48. The van der Waals surface area contributed by atoms with E-state index in [1.54, 1.807) is 19.2 Å². The third kappa shape index (κ3) is 2.51. The first-order valence-electron chi connectivity index (χ1n) is 5.97. The Morgan fingerprint density at radius 3 is 2.42 bits per heavy atom. The second-order valence-corrected chi connectivity index (χ2v) is 4.14. The summed E-state index contributed by atoms with van der Waals surface area (Å²) in [4.78, 5) is 0. The van der Waals surface area contributed by atoms with Crippen LogP contribution in [-0.4, -0.2) is 7.05 Å². The average molecular weight is 269 g/mol. The molecule has 0 aliphatic carbocycles. The summed E-state index contributed by atoms with van der Waals surface area (Å²) in [6.45, 7) is 1.93. The maximum Gasteiger partial charge on any atom is 0.194 e. The third-order valence-corrected chi connectivity index (χ3v) is 2.98. The SMILES string of the molecule is CCc1ccc(C(NC)c2ccc(F)c(F)c2F)o1. The highest BCUT2D eigenvalue weighted by Gasteiger charge is 2.23. The monoisotopic (exact) mass is 269 g/mol. The first-order chi connectivity index (χ1) is 9.08. The molecular formula is C14H14F3NO. The lowest BCUT2D eigenvalue weighted by Gasteiger charge is -2.15. The van der Waals surface area contributed by atoms with Crippen LogP contribution < -0.4 is 5.32 Å². The molecule has 1 unspecified atom stereocenters. The molecule has 1 aromatic heterocycles. The van der Waals surface area contributed by atoms with Gasteiger partial charge >= 0.3 is 0 Å². The van der Waals surface area contributed by atoms with Crippen molar-refractivity contribution in [2.24, 2.45) is 0 Å². The molecule has 0 aliphatic heterocycles. The van der Waals surface area contributed by atoms with Crippen LogP contribution in [-0.2, 0) is 6.42 Å². The molecule has 0 aliphatic rings. The largest absolute Gasteiger partial charge is 0.464 e. The molecule has 5 heteroatoms. The van der Waals surface area contributed by atoms with Crippen LogP contribution in [0.4, 0.5) is 13.2 Å². The van der Waals surface area contributed by atoms with E-state index in [0.717, 1.165) is 11.8 Å². The van der Waals surface area contributed by atoms with Gasteiger partial charge in [-0.1, -0.05) is 13.0 Å². The Balaban J connectivity index is 2.45. The van der Waals surface area contributed by atoms with Crippen molar-refractivity contribution in [3.05, 3.63) is 58.8 Å². The van der Waals surface area contributed by atoms with Gasteiger partial charge in [-0.3, -0.25) is 0 Å². The molecule has 1 aromatic carbocycles. The molecule has 2 aromatic rings. The molecule has 0 bridgehead atoms. The van der Waals surface area contributed by atoms with Crippen molar-refractivity contribution >= 4 is 0 Å². The van der Waals surface area contributed by atoms with Gasteiger partial charge in [0.2, 0.25) is 0 Å². The van der Waals surface area contributed by atoms with E-state index in [-0.39, 0.29) is 5.56 Å². The van der Waals surface area contributed by atoms with E-state index in [9.17, 15) is 13.2 Å². The summed E-state index contributed by atoms with van der Waals surface area (Å²) in [6, 6.07) is 4.93. The summed E-state index contributed by atoms with van der Waals surface area (Å²) < 4.78 is 45.5. The Bertz CT molecular complexity index is 580. The Morgan fingerprint density at radius 2 is 1.84 bits per heavy atom. The Labute approximate surface area is 109 Å². The fourth-order valence-corrected chi connectivity index (χ4v) is 1.95. The minimum Gasteiger partial charge on any atom is -0.464 e. The van der Waals surface area contributed by atoms with Gasteiger partial charge in [0.1, 0.15) is 11.5 Å². The molecule has 0 radical (unpaired) electrons. The van der Waals surface area contributed by atoms with Gasteiger partial charge in [0.15, 0.2) is 17.5 Å². The molecule has 2 rings (SSSR count). The zero-order valence-electron chi connectivity index (χ0n) is 10.6. The standard InChI is InChI=1S/C14H14F3NO/c1-3-8-4-7-11(19-8)14(18-2)9-5-6-10(15)13(17)12(9)16/h4-7,14,18H,3H2,1-2H3. The maximum atomic E-state index is 13.8. The molecule has 102 valence electrons. The van der Waals surface area contributed by atoms with E-state index < -0.39 is 23.5 Å². The van der Waals surface area contributed by atoms with Gasteiger partial charge in [0.05, 0.1) is 6.04 Å². The summed E-state index contributed by atoms with van der Waals surface area (Å²) in [5.41, 5.74) is 0.0124. The van der Waals surface area contributed by atoms with Crippen molar-refractivity contribution < 1.29 is 17.6 Å². The Hall–Kier alpha value is -1.75. The van der Waals surface area contributed by atoms with Crippen molar-refractivity contribution in [3.8, 4) is 0 Å². The maximum absolute atomic E-state index is 13.8. The summed E-state index contributed by atoms with van der Waals surface area (Å²) in [7, 11) is 1.60. The number of hydrogen-bond acceptors (Lipinski definition) is 2. The number of hydrogen-bond donors (Lipinski definition) is 1. The molecule has 0 saturated heterocycles. The molecule has 0 saturated carbocycles. The van der Waals surface area contributed by atoms with Crippen molar-refractivity contribution in [2.75, 3.05) is 7.05 Å². The first kappa shape index (κ1) is 13.7. The third-order valence-electron chi connectivity index (χ3n) is 2.98. The predicted molar refractivity (Wildman–Crippen MR) is 65.3 cm³/mol. The van der Waals surface area contributed by atoms with Crippen LogP contribution in [0, 0.1) is 17.5 Å². The Morgan fingerprint density at radius 1 is 1.11 bits per heavy atom. The molecule has 0 spiro atoms. The number of benzene rings is 1. The average Bonchev–Trinajstić information content (AvgIpc) is 2.88. The number of furan rings is 1. The van der Waals surface area contributed by atoms with E-state index in [2.05, 4.69) is 5.32 Å². The molecular weight excluding hydrogens is 255 g/mol. The van der Waals surface area contributed by atoms with Crippen LogP contribution in [0.2, 0.25) is 0 Å². The summed E-state index contributed by atoms with van der Waals surface area (Å²) >= 11 is 0. The van der Waals surface area contributed by atoms with E-state index in [1.165, 1.54) is 6.07 Å². The van der Waals surface area contributed by atoms with Gasteiger partial charge in [-0.2, -0.15) is 0 Å². The van der Waals surface area contributed by atoms with Crippen LogP contribution in [0.5, 0.6) is 0 Å². The van der Waals surface area contributed by atoms with Gasteiger partial charge in [-0.05, 0) is 25.2 Å². The summed E-state index contributed by atoms with van der Waals surface area (Å²) in [5.74, 6) is -2.67. The highest BCUT2D eigenvalue weighted by Crippen LogP contribution is 2.28. The molecule has 1 N–H and O–H groups in total. The minimum atomic E-state index is -1.47. The smallest absolute Gasteiger partial charge is 0.194 e. The van der Waals surface area contributed by atoms with Gasteiger partial charge in [0.25, 0.3) is 0 Å². The van der Waals surface area contributed by atoms with Crippen LogP contribution >= 0.6 is 0 Å². The van der Waals surface area contributed by atoms with E-state index in [0.29, 0.717) is 12.2 Å². The lowest BCUT2D eigenvalue weighted by atomic mass is 10.0. The van der Waals surface area contributed by atoms with Crippen molar-refractivity contribution in [1.82, 2.24) is 5.32 Å². The van der Waals surface area contributed by atoms with Crippen LogP contribution in [0.15, 0.2) is 28.7 Å². The normalized spacial score (nSPS) is 12.7. The van der Waals surface area contributed by atoms with Gasteiger partial charge in [-0.25, -0.2) is 13.2 Å². The second-order valence-electron chi connectivity index (χ2n) is 4.14. The van der Waals surface area contributed by atoms with Gasteiger partial charge < -0.3 is 9.73 Å². The number of aryl methyl sites for hydroxylation is 1. The summed E-state index contributed by atoms with van der Waals surface area (Å²) in [5, 5.41) is 2.84. The van der Waals surface area contributed by atoms with Crippen molar-refractivity contribution in [2.45, 2.75) is 19.4 Å². The molecule has 0 fully saturated rings. The first-order valence-corrected chi connectivity index (χ1v) is 5.97. The highest BCUT2D eigenvalue weighted by molar-refractivity contribution is 5.30. The van der Waals surface area contributed by atoms with Crippen LogP contribution in [0.3, 0.4) is 0 Å². The lowest BCUT2D eigenvalue weighted by Crippen LogP contribution is -2.19. The van der Waals surface area contributed by atoms with Crippen LogP contribution in [0.25, 0.3) is 0 Å². The van der Waals surface area contributed by atoms with Gasteiger partial charge in [0, 0.05) is 12.0 Å². The quantitative estimate of drug-likeness (QED) is 0.858. The van der Waals surface area contributed by atoms with Crippen molar-refractivity contribution in [3.63, 3.8) is 0 Å². The molecule has 2 nitrogen and oxygen atoms in total. The van der Waals surface area contributed by atoms with Gasteiger partial charge in [-0.15, -0.1) is 0 Å². The fraction of sp³-hybridized carbons (Fsp3) is 0.286. The lowest BCUT2D eigenvalue weighted by molar-refractivity contribution is 0.407. The number of nitrogens with one attached hydrogen (secondary N) is 1. The Kier molecular flexibility index (Phi) is 3.95. The molecule has 0 amide bonds.